The first kappa shape index (κ1) is 38.1. The van der Waals surface area contributed by atoms with Crippen LogP contribution in [0.5, 0.6) is 0 Å². The van der Waals surface area contributed by atoms with Crippen molar-refractivity contribution in [2.45, 2.75) is 77.1 Å². The summed E-state index contributed by atoms with van der Waals surface area (Å²) < 4.78 is 21.9. The highest BCUT2D eigenvalue weighted by molar-refractivity contribution is 7.99. The molecule has 0 saturated carbocycles. The van der Waals surface area contributed by atoms with Crippen molar-refractivity contribution in [1.82, 2.24) is 0 Å². The molecule has 1 unspecified atom stereocenters. The number of ketones is 2. The van der Waals surface area contributed by atoms with E-state index >= 15 is 0 Å². The van der Waals surface area contributed by atoms with E-state index < -0.39 is 11.6 Å². The Balaban J connectivity index is 0.000000263. The van der Waals surface area contributed by atoms with Crippen LogP contribution in [0.4, 0.5) is 0 Å². The highest BCUT2D eigenvalue weighted by Gasteiger charge is 2.31. The Kier molecular flexibility index (Phi) is 15.4. The summed E-state index contributed by atoms with van der Waals surface area (Å²) in [6, 6.07) is 24.6. The molecule has 1 heterocycles. The van der Waals surface area contributed by atoms with Crippen molar-refractivity contribution in [3.8, 4) is 0 Å². The van der Waals surface area contributed by atoms with Gasteiger partial charge in [0.15, 0.2) is 17.0 Å². The number of cyclic esters (lactones) is 1. The first-order valence-electron chi connectivity index (χ1n) is 15.8. The first-order chi connectivity index (χ1) is 23.1. The predicted molar refractivity (Wildman–Crippen MR) is 194 cm³/mol. The minimum absolute atomic E-state index is 0.00763. The molecule has 0 aromatic heterocycles. The molecule has 1 atom stereocenters. The second-order valence-corrected chi connectivity index (χ2v) is 13.1. The standard InChI is InChI=1S/C26H32O2.C14H10O2S.O2S/c1-18(2)10-8-11-19(3)12-9-13-20(4)16-17-22-21(5)25(27)23-14-6-7-15-24(23)26(22)28;15-13-11-8-4-5-9-12(11)14(16-13)17-10-6-2-1-3-7-10;1-3-2/h6-7,10,12,14-16H,8-9,11,13,17H2,1-5H3;1-9,14H;/b19-12+,20-16+;;. The number of thioether (sulfide) groups is 1. The number of carbonyl (C=O) groups excluding carboxylic acids is 3. The summed E-state index contributed by atoms with van der Waals surface area (Å²) >= 11 is 0.805. The zero-order valence-corrected chi connectivity index (χ0v) is 29.7. The van der Waals surface area contributed by atoms with E-state index in [4.69, 9.17) is 13.2 Å². The number of hydrogen-bond acceptors (Lipinski definition) is 7. The van der Waals surface area contributed by atoms with Gasteiger partial charge >= 0.3 is 17.5 Å². The Labute approximate surface area is 291 Å². The van der Waals surface area contributed by atoms with Crippen LogP contribution in [0.25, 0.3) is 0 Å². The van der Waals surface area contributed by atoms with Gasteiger partial charge in [-0.05, 0) is 84.9 Å². The molecule has 0 fully saturated rings. The largest absolute Gasteiger partial charge is 0.442 e. The first-order valence-corrected chi connectivity index (χ1v) is 17.4. The van der Waals surface area contributed by atoms with Crippen molar-refractivity contribution in [3.05, 3.63) is 147 Å². The molecule has 0 spiro atoms. The molecule has 5 rings (SSSR count). The normalized spacial score (nSPS) is 15.3. The molecule has 0 radical (unpaired) electrons. The molecular formula is C40H42O6S2. The van der Waals surface area contributed by atoms with Crippen LogP contribution in [0.3, 0.4) is 0 Å². The van der Waals surface area contributed by atoms with Gasteiger partial charge in [-0.2, -0.15) is 8.42 Å². The molecule has 0 amide bonds. The smallest absolute Gasteiger partial charge is 0.340 e. The maximum atomic E-state index is 12.8. The lowest BCUT2D eigenvalue weighted by Crippen LogP contribution is -2.20. The SMILES string of the molecule is CC(C)=CCC/C(C)=C/CC/C(C)=C/CC1=C(C)C(=O)c2ccccc2C1=O.O=C1OC(Sc2ccccc2)c2ccccc21.O=S=O. The minimum Gasteiger partial charge on any atom is -0.442 e. The summed E-state index contributed by atoms with van der Waals surface area (Å²) in [6.07, 6.45) is 11.4. The molecule has 48 heavy (non-hydrogen) atoms. The lowest BCUT2D eigenvalue weighted by atomic mass is 9.83. The van der Waals surface area contributed by atoms with E-state index in [0.717, 1.165) is 36.1 Å². The topological polar surface area (TPSA) is 94.6 Å². The number of ether oxygens (including phenoxy) is 1. The Hall–Kier alpha value is -4.40. The summed E-state index contributed by atoms with van der Waals surface area (Å²) in [6.45, 7) is 10.3. The maximum absolute atomic E-state index is 12.8. The second kappa shape index (κ2) is 19.4. The van der Waals surface area contributed by atoms with Gasteiger partial charge in [0.2, 0.25) is 0 Å². The Morgan fingerprint density at radius 1 is 0.688 bits per heavy atom. The molecular weight excluding hydrogens is 641 g/mol. The van der Waals surface area contributed by atoms with Crippen LogP contribution in [0, 0.1) is 0 Å². The monoisotopic (exact) mass is 682 g/mol. The number of Topliss-reactive ketones (excluding diaryl/α,β-unsaturated/α-hetero) is 2. The van der Waals surface area contributed by atoms with Gasteiger partial charge in [-0.25, -0.2) is 4.79 Å². The fourth-order valence-electron chi connectivity index (χ4n) is 5.23. The highest BCUT2D eigenvalue weighted by Crippen LogP contribution is 2.42. The van der Waals surface area contributed by atoms with E-state index in [1.165, 1.54) is 16.7 Å². The molecule has 3 aromatic rings. The summed E-state index contributed by atoms with van der Waals surface area (Å²) in [5, 5.41) is 0. The van der Waals surface area contributed by atoms with E-state index in [0.29, 0.717) is 34.3 Å². The summed E-state index contributed by atoms with van der Waals surface area (Å²) in [7, 11) is 0. The molecule has 3 aromatic carbocycles. The third-order valence-corrected chi connectivity index (χ3v) is 9.00. The molecule has 250 valence electrons. The van der Waals surface area contributed by atoms with Crippen molar-refractivity contribution in [2.75, 3.05) is 0 Å². The van der Waals surface area contributed by atoms with Crippen LogP contribution in [0.1, 0.15) is 109 Å². The summed E-state index contributed by atoms with van der Waals surface area (Å²) in [4.78, 5) is 38.1. The number of rotatable bonds is 10. The van der Waals surface area contributed by atoms with Gasteiger partial charge in [0.1, 0.15) is 0 Å². The van der Waals surface area contributed by atoms with Gasteiger partial charge in [-0.15, -0.1) is 0 Å². The Morgan fingerprint density at radius 3 is 1.83 bits per heavy atom. The van der Waals surface area contributed by atoms with E-state index in [1.54, 1.807) is 30.8 Å². The van der Waals surface area contributed by atoms with Crippen molar-refractivity contribution in [2.24, 2.45) is 0 Å². The molecule has 6 nitrogen and oxygen atoms in total. The number of allylic oxidation sites excluding steroid dienone is 8. The number of carbonyl (C=O) groups is 3. The van der Waals surface area contributed by atoms with Crippen LogP contribution in [-0.4, -0.2) is 26.0 Å². The number of esters is 1. The molecule has 0 saturated heterocycles. The molecule has 1 aliphatic heterocycles. The predicted octanol–water partition coefficient (Wildman–Crippen LogP) is 10.2. The zero-order valence-electron chi connectivity index (χ0n) is 28.1. The van der Waals surface area contributed by atoms with E-state index in [-0.39, 0.29) is 23.0 Å². The third kappa shape index (κ3) is 11.1. The van der Waals surface area contributed by atoms with Crippen molar-refractivity contribution in [1.29, 1.82) is 0 Å². The average Bonchev–Trinajstić information content (AvgIpc) is 3.39. The quantitative estimate of drug-likeness (QED) is 0.155. The molecule has 0 bridgehead atoms. The number of benzene rings is 3. The fraction of sp³-hybridized carbons (Fsp3) is 0.275. The molecule has 8 heteroatoms. The van der Waals surface area contributed by atoms with Crippen LogP contribution >= 0.6 is 11.8 Å². The summed E-state index contributed by atoms with van der Waals surface area (Å²) in [5.74, 6) is -0.257. The van der Waals surface area contributed by atoms with Crippen LogP contribution in [-0.2, 0) is 16.3 Å². The summed E-state index contributed by atoms with van der Waals surface area (Å²) in [5.41, 5.74) is 7.76. The van der Waals surface area contributed by atoms with Gasteiger partial charge in [0, 0.05) is 32.7 Å². The van der Waals surface area contributed by atoms with E-state index in [9.17, 15) is 14.4 Å². The zero-order chi connectivity index (χ0) is 35.1. The van der Waals surface area contributed by atoms with Crippen LogP contribution in [0.2, 0.25) is 0 Å². The van der Waals surface area contributed by atoms with E-state index in [2.05, 4.69) is 45.9 Å². The van der Waals surface area contributed by atoms with Gasteiger partial charge in [0.25, 0.3) is 0 Å². The maximum Gasteiger partial charge on any atom is 0.340 e. The van der Waals surface area contributed by atoms with E-state index in [1.807, 2.05) is 66.7 Å². The molecule has 1 aliphatic carbocycles. The molecule has 2 aliphatic rings. The van der Waals surface area contributed by atoms with Crippen molar-refractivity contribution < 1.29 is 27.5 Å². The van der Waals surface area contributed by atoms with Crippen molar-refractivity contribution >= 4 is 40.9 Å². The van der Waals surface area contributed by atoms with Gasteiger partial charge in [-0.1, -0.05) is 107 Å². The van der Waals surface area contributed by atoms with Gasteiger partial charge in [0.05, 0.1) is 5.56 Å². The Morgan fingerprint density at radius 2 is 1.21 bits per heavy atom. The average molecular weight is 683 g/mol. The van der Waals surface area contributed by atoms with Crippen LogP contribution < -0.4 is 0 Å². The fourth-order valence-corrected chi connectivity index (χ4v) is 6.26. The lowest BCUT2D eigenvalue weighted by molar-refractivity contribution is 0.0522. The number of fused-ring (bicyclic) bond motifs is 2. The van der Waals surface area contributed by atoms with Crippen LogP contribution in [0.15, 0.2) is 130 Å². The minimum atomic E-state index is -0.750. The van der Waals surface area contributed by atoms with Crippen molar-refractivity contribution in [3.63, 3.8) is 0 Å². The third-order valence-electron chi connectivity index (χ3n) is 7.90. The highest BCUT2D eigenvalue weighted by atomic mass is 32.2. The van der Waals surface area contributed by atoms with Gasteiger partial charge in [-0.3, -0.25) is 9.59 Å². The second-order valence-electron chi connectivity index (χ2n) is 11.8. The Bertz CT molecular complexity index is 1770. The molecule has 0 N–H and O–H groups in total. The van der Waals surface area contributed by atoms with Gasteiger partial charge < -0.3 is 4.74 Å². The lowest BCUT2D eigenvalue weighted by Gasteiger charge is -2.18. The number of hydrogen-bond donors (Lipinski definition) is 0.